The molecule has 1 heterocycles. The minimum atomic E-state index is -3.36. The zero-order valence-electron chi connectivity index (χ0n) is 21.6. The summed E-state index contributed by atoms with van der Waals surface area (Å²) in [7, 11) is -3.36. The largest absolute Gasteiger partial charge is 0.379 e. The molecule has 1 amide bonds. The fourth-order valence-electron chi connectivity index (χ4n) is 4.74. The predicted molar refractivity (Wildman–Crippen MR) is 144 cm³/mol. The Bertz CT molecular complexity index is 1260. The molecule has 3 N–H and O–H groups in total. The molecule has 1 fully saturated rings. The van der Waals surface area contributed by atoms with Crippen molar-refractivity contribution in [2.45, 2.75) is 60.2 Å². The monoisotopic (exact) mass is 537 g/mol. The molecule has 0 aliphatic heterocycles. The maximum absolute atomic E-state index is 12.8. The summed E-state index contributed by atoms with van der Waals surface area (Å²) in [4.78, 5) is 25.2. The zero-order valence-corrected chi connectivity index (χ0v) is 23.2. The first-order chi connectivity index (χ1) is 16.7. The van der Waals surface area contributed by atoms with E-state index in [1.807, 2.05) is 0 Å². The van der Waals surface area contributed by atoms with E-state index in [1.54, 1.807) is 24.3 Å². The van der Waals surface area contributed by atoms with Gasteiger partial charge in [0, 0.05) is 18.3 Å². The predicted octanol–water partition coefficient (Wildman–Crippen LogP) is 3.70. The van der Waals surface area contributed by atoms with E-state index in [2.05, 4.69) is 55.1 Å². The fraction of sp³-hybridized carbons (Fsp3) is 0.560. The Kier molecular flexibility index (Phi) is 8.40. The van der Waals surface area contributed by atoms with E-state index >= 15 is 0 Å². The maximum Gasteiger partial charge on any atom is 0.288 e. The minimum absolute atomic E-state index is 0.0177. The normalized spacial score (nSPS) is 23.6. The average molecular weight is 538 g/mol. The van der Waals surface area contributed by atoms with Crippen molar-refractivity contribution in [3.05, 3.63) is 51.4 Å². The second-order valence-corrected chi connectivity index (χ2v) is 12.7. The van der Waals surface area contributed by atoms with Crippen molar-refractivity contribution in [1.82, 2.24) is 15.1 Å². The summed E-state index contributed by atoms with van der Waals surface area (Å²) in [5.41, 5.74) is 1.39. The van der Waals surface area contributed by atoms with Gasteiger partial charge in [0.1, 0.15) is 11.6 Å². The van der Waals surface area contributed by atoms with Crippen molar-refractivity contribution in [2.24, 2.45) is 23.2 Å². The molecule has 0 unspecified atom stereocenters. The molecule has 4 atom stereocenters. The number of nitrogens with zero attached hydrogens (tertiary/aromatic N) is 2. The number of aromatic nitrogens is 2. The van der Waals surface area contributed by atoms with Gasteiger partial charge in [0.05, 0.1) is 18.1 Å². The average Bonchev–Trinajstić information content (AvgIpc) is 2.79. The summed E-state index contributed by atoms with van der Waals surface area (Å²) < 4.78 is 26.0. The first-order valence-corrected chi connectivity index (χ1v) is 14.3. The van der Waals surface area contributed by atoms with E-state index in [4.69, 9.17) is 11.6 Å². The van der Waals surface area contributed by atoms with Crippen LogP contribution in [0, 0.1) is 23.2 Å². The number of rotatable bonds is 8. The zero-order chi connectivity index (χ0) is 26.8. The van der Waals surface area contributed by atoms with Crippen LogP contribution in [0.4, 0.5) is 11.4 Å². The second kappa shape index (κ2) is 10.8. The highest BCUT2D eigenvalue weighted by atomic mass is 35.5. The molecule has 36 heavy (non-hydrogen) atoms. The summed E-state index contributed by atoms with van der Waals surface area (Å²) in [5.74, 6) is 0.980. The third-order valence-electron chi connectivity index (χ3n) is 7.84. The van der Waals surface area contributed by atoms with Crippen LogP contribution in [0.5, 0.6) is 0 Å². The van der Waals surface area contributed by atoms with Crippen LogP contribution in [0.15, 0.2) is 35.3 Å². The molecule has 1 saturated carbocycles. The number of nitrogens with one attached hydrogen (secondary N) is 3. The lowest BCUT2D eigenvalue weighted by Gasteiger charge is -2.50. The van der Waals surface area contributed by atoms with E-state index in [9.17, 15) is 18.0 Å². The van der Waals surface area contributed by atoms with Crippen LogP contribution in [0.25, 0.3) is 0 Å². The highest BCUT2D eigenvalue weighted by Crippen LogP contribution is 2.48. The molecule has 0 spiro atoms. The maximum atomic E-state index is 12.8. The lowest BCUT2D eigenvalue weighted by molar-refractivity contribution is -0.122. The summed E-state index contributed by atoms with van der Waals surface area (Å²) in [6, 6.07) is 6.78. The molecule has 0 bridgehead atoms. The van der Waals surface area contributed by atoms with Crippen molar-refractivity contribution in [3.8, 4) is 0 Å². The molecule has 1 aromatic heterocycles. The first-order valence-electron chi connectivity index (χ1n) is 12.0. The summed E-state index contributed by atoms with van der Waals surface area (Å²) >= 11 is 6.39. The first kappa shape index (κ1) is 28.0. The Hall–Kier alpha value is -2.59. The summed E-state index contributed by atoms with van der Waals surface area (Å²) in [6.07, 6.45) is 3.54. The van der Waals surface area contributed by atoms with Crippen LogP contribution in [-0.4, -0.2) is 36.4 Å². The van der Waals surface area contributed by atoms with Crippen LogP contribution >= 0.6 is 11.6 Å². The van der Waals surface area contributed by atoms with Crippen molar-refractivity contribution in [2.75, 3.05) is 16.3 Å². The number of anilines is 2. The van der Waals surface area contributed by atoms with E-state index in [-0.39, 0.29) is 29.6 Å². The topological polar surface area (TPSA) is 122 Å². The second-order valence-electron chi connectivity index (χ2n) is 10.5. The third kappa shape index (κ3) is 6.59. The number of benzene rings is 1. The van der Waals surface area contributed by atoms with Crippen LogP contribution in [-0.2, 0) is 27.9 Å². The van der Waals surface area contributed by atoms with E-state index in [0.29, 0.717) is 29.1 Å². The van der Waals surface area contributed by atoms with Crippen LogP contribution in [0.3, 0.4) is 0 Å². The third-order valence-corrected chi connectivity index (χ3v) is 8.81. The highest BCUT2D eigenvalue weighted by Gasteiger charge is 2.43. The smallest absolute Gasteiger partial charge is 0.288 e. The van der Waals surface area contributed by atoms with Crippen molar-refractivity contribution < 1.29 is 13.2 Å². The molecule has 2 aromatic rings. The molecule has 0 radical (unpaired) electrons. The summed E-state index contributed by atoms with van der Waals surface area (Å²) in [6.45, 7) is 11.3. The number of halogens is 1. The van der Waals surface area contributed by atoms with Crippen LogP contribution in [0.2, 0.25) is 5.02 Å². The molecule has 1 aromatic carbocycles. The lowest BCUT2D eigenvalue weighted by atomic mass is 9.58. The van der Waals surface area contributed by atoms with E-state index < -0.39 is 21.5 Å². The van der Waals surface area contributed by atoms with Gasteiger partial charge in [-0.2, -0.15) is 5.10 Å². The Morgan fingerprint density at radius 3 is 2.44 bits per heavy atom. The quantitative estimate of drug-likeness (QED) is 0.472. The molecule has 198 valence electrons. The molecular formula is C25H36ClN5O4S. The van der Waals surface area contributed by atoms with Gasteiger partial charge in [-0.15, -0.1) is 0 Å². The van der Waals surface area contributed by atoms with Crippen molar-refractivity contribution >= 4 is 38.9 Å². The number of hydrogen-bond donors (Lipinski definition) is 3. The SMILES string of the molecule is C[C@@H]1[C@@H](C)C(C)(C)[C@@H](C)C[C@H]1Nc1cnn(CC(=O)NCc2ccc(NS(C)(=O)=O)cc2)c(=O)c1Cl. The van der Waals surface area contributed by atoms with Gasteiger partial charge in [0.25, 0.3) is 5.56 Å². The van der Waals surface area contributed by atoms with Gasteiger partial charge >= 0.3 is 0 Å². The van der Waals surface area contributed by atoms with Crippen LogP contribution < -0.4 is 20.9 Å². The standard InChI is InChI=1S/C25H36ClN5O4S/c1-15-11-20(16(2)17(3)25(15,4)5)29-21-13-28-31(24(33)23(21)26)14-22(32)27-12-18-7-9-19(10-8-18)30-36(6,34)35/h7-10,13,15-17,20,29-30H,11-12,14H2,1-6H3,(H,27,32)/t15-,16+,17+,20+/m0/s1. The van der Waals surface area contributed by atoms with E-state index in [0.717, 1.165) is 22.9 Å². The Morgan fingerprint density at radius 2 is 1.83 bits per heavy atom. The minimum Gasteiger partial charge on any atom is -0.379 e. The number of sulfonamides is 1. The van der Waals surface area contributed by atoms with Crippen molar-refractivity contribution in [3.63, 3.8) is 0 Å². The van der Waals surface area contributed by atoms with Gasteiger partial charge in [-0.1, -0.05) is 58.4 Å². The molecule has 1 aliphatic rings. The van der Waals surface area contributed by atoms with Gasteiger partial charge in [-0.3, -0.25) is 14.3 Å². The molecular weight excluding hydrogens is 502 g/mol. The van der Waals surface area contributed by atoms with Gasteiger partial charge in [-0.05, 0) is 47.3 Å². The number of carbonyl (C=O) groups excluding carboxylic acids is 1. The van der Waals surface area contributed by atoms with Gasteiger partial charge < -0.3 is 10.6 Å². The molecule has 9 nitrogen and oxygen atoms in total. The summed E-state index contributed by atoms with van der Waals surface area (Å²) in [5, 5.41) is 10.3. The fourth-order valence-corrected chi connectivity index (χ4v) is 5.50. The lowest BCUT2D eigenvalue weighted by Crippen LogP contribution is -2.48. The number of carbonyl (C=O) groups is 1. The molecule has 11 heteroatoms. The number of hydrogen-bond acceptors (Lipinski definition) is 6. The van der Waals surface area contributed by atoms with Gasteiger partial charge in [0.15, 0.2) is 0 Å². The molecule has 0 saturated heterocycles. The number of amides is 1. The van der Waals surface area contributed by atoms with Crippen LogP contribution in [0.1, 0.15) is 46.6 Å². The molecule has 1 aliphatic carbocycles. The Morgan fingerprint density at radius 1 is 1.19 bits per heavy atom. The Labute approximate surface area is 218 Å². The molecule has 3 rings (SSSR count). The van der Waals surface area contributed by atoms with E-state index in [1.165, 1.54) is 6.20 Å². The van der Waals surface area contributed by atoms with Crippen molar-refractivity contribution in [1.29, 1.82) is 0 Å². The van der Waals surface area contributed by atoms with Gasteiger partial charge in [0.2, 0.25) is 15.9 Å². The van der Waals surface area contributed by atoms with Gasteiger partial charge in [-0.25, -0.2) is 13.1 Å². The highest BCUT2D eigenvalue weighted by molar-refractivity contribution is 7.92. The Balaban J connectivity index is 1.61.